The molecule has 1 fully saturated rings. The predicted octanol–water partition coefficient (Wildman–Crippen LogP) is -0.811. The number of nitrogens with zero attached hydrogens (tertiary/aromatic N) is 2. The second-order valence-electron chi connectivity index (χ2n) is 5.92. The Bertz CT molecular complexity index is 1090. The summed E-state index contributed by atoms with van der Waals surface area (Å²) in [5.74, 6) is 5.09. The first-order valence-electron chi connectivity index (χ1n) is 8.06. The van der Waals surface area contributed by atoms with Gasteiger partial charge in [-0.15, -0.1) is 5.92 Å². The number of anilines is 1. The fourth-order valence-electron chi connectivity index (χ4n) is 2.43. The minimum Gasteiger partial charge on any atom is -0.390 e. The first-order valence-corrected chi connectivity index (χ1v) is 12.6. The summed E-state index contributed by atoms with van der Waals surface area (Å²) >= 11 is 0. The Morgan fingerprint density at radius 3 is 2.48 bits per heavy atom. The molecule has 31 heavy (non-hydrogen) atoms. The van der Waals surface area contributed by atoms with Gasteiger partial charge in [0.25, 0.3) is 0 Å². The summed E-state index contributed by atoms with van der Waals surface area (Å²) in [5, 5.41) is 10.1. The number of ether oxygens (including phenoxy) is 1. The van der Waals surface area contributed by atoms with Crippen LogP contribution in [0.15, 0.2) is 11.0 Å². The van der Waals surface area contributed by atoms with Crippen molar-refractivity contribution < 1.29 is 56.3 Å². The first kappa shape index (κ1) is 25.8. The van der Waals surface area contributed by atoms with Gasteiger partial charge in [-0.1, -0.05) is 5.92 Å². The number of phosphoric acid groups is 3. The molecule has 0 spiro atoms. The topological polar surface area (TPSA) is 250 Å². The Balaban J connectivity index is 2.07. The van der Waals surface area contributed by atoms with E-state index >= 15 is 0 Å². The van der Waals surface area contributed by atoms with Crippen LogP contribution in [0.25, 0.3) is 0 Å². The number of hydrogen-bond acceptors (Lipinski definition) is 11. The number of nitrogen functional groups attached to an aromatic ring is 1. The summed E-state index contributed by atoms with van der Waals surface area (Å²) < 4.78 is 51.6. The van der Waals surface area contributed by atoms with Crippen molar-refractivity contribution in [1.82, 2.24) is 9.55 Å². The van der Waals surface area contributed by atoms with Gasteiger partial charge in [0.05, 0.1) is 18.3 Å². The molecule has 2 heterocycles. The van der Waals surface area contributed by atoms with E-state index in [1.807, 2.05) is 0 Å². The zero-order chi connectivity index (χ0) is 23.6. The van der Waals surface area contributed by atoms with E-state index in [4.69, 9.17) is 25.2 Å². The zero-order valence-corrected chi connectivity index (χ0v) is 18.2. The smallest absolute Gasteiger partial charge is 0.390 e. The van der Waals surface area contributed by atoms with Gasteiger partial charge < -0.3 is 35.2 Å². The molecule has 1 saturated heterocycles. The van der Waals surface area contributed by atoms with E-state index < -0.39 is 54.2 Å². The molecule has 2 rings (SSSR count). The van der Waals surface area contributed by atoms with Crippen LogP contribution in [0, 0.1) is 11.8 Å². The highest BCUT2D eigenvalue weighted by atomic mass is 31.3. The SMILES string of the molecule is CC#Cc1cn([C@H]2C[C@H](O)[C@@H](COP(=O)(O)OP(=O)(O)OP(=O)(O)O)O2)c(=O)nc1N. The van der Waals surface area contributed by atoms with Crippen molar-refractivity contribution in [1.29, 1.82) is 0 Å². The van der Waals surface area contributed by atoms with E-state index in [1.54, 1.807) is 0 Å². The standard InChI is InChI=1S/C12H18N3O13P3/c1-2-3-7-5-15(12(17)14-11(7)13)10-4-8(16)9(26-10)6-25-30(21,22)28-31(23,24)27-29(18,19)20/h5,8-10,16H,4,6H2,1H3,(H,21,22)(H,23,24)(H2,13,14,17)(H2,18,19,20)/t8-,9+,10+/m0/s1. The molecule has 0 amide bonds. The number of aromatic nitrogens is 2. The monoisotopic (exact) mass is 505 g/mol. The van der Waals surface area contributed by atoms with Gasteiger partial charge >= 0.3 is 29.2 Å². The van der Waals surface area contributed by atoms with Gasteiger partial charge in [-0.3, -0.25) is 9.09 Å². The summed E-state index contributed by atoms with van der Waals surface area (Å²) in [7, 11) is -16.6. The van der Waals surface area contributed by atoms with Crippen LogP contribution in [-0.2, 0) is 31.6 Å². The molecule has 19 heteroatoms. The van der Waals surface area contributed by atoms with Gasteiger partial charge in [0.1, 0.15) is 18.1 Å². The lowest BCUT2D eigenvalue weighted by molar-refractivity contribution is -0.0449. The van der Waals surface area contributed by atoms with E-state index in [0.717, 1.165) is 4.57 Å². The Hall–Kier alpha value is -1.43. The number of nitrogens with two attached hydrogens (primary N) is 1. The molecule has 0 radical (unpaired) electrons. The van der Waals surface area contributed by atoms with Crippen LogP contribution in [0.3, 0.4) is 0 Å². The molecular formula is C12H18N3O13P3. The van der Waals surface area contributed by atoms with Crippen molar-refractivity contribution in [2.24, 2.45) is 0 Å². The average Bonchev–Trinajstić information content (AvgIpc) is 2.93. The lowest BCUT2D eigenvalue weighted by Gasteiger charge is -2.19. The van der Waals surface area contributed by atoms with E-state index in [-0.39, 0.29) is 17.8 Å². The minimum absolute atomic E-state index is 0.113. The molecule has 1 aromatic heterocycles. The largest absolute Gasteiger partial charge is 0.490 e. The Morgan fingerprint density at radius 1 is 1.26 bits per heavy atom. The van der Waals surface area contributed by atoms with Crippen molar-refractivity contribution in [3.63, 3.8) is 0 Å². The first-order chi connectivity index (χ1) is 14.1. The van der Waals surface area contributed by atoms with Crippen molar-refractivity contribution in [3.05, 3.63) is 22.2 Å². The van der Waals surface area contributed by atoms with E-state index in [0.29, 0.717) is 0 Å². The third kappa shape index (κ3) is 7.58. The van der Waals surface area contributed by atoms with Gasteiger partial charge in [0, 0.05) is 12.6 Å². The van der Waals surface area contributed by atoms with Gasteiger partial charge in [0.2, 0.25) is 0 Å². The molecule has 2 unspecified atom stereocenters. The van der Waals surface area contributed by atoms with Crippen LogP contribution in [0.4, 0.5) is 5.82 Å². The molecule has 1 aliphatic rings. The normalized spacial score (nSPS) is 25.3. The lowest BCUT2D eigenvalue weighted by Crippen LogP contribution is -2.29. The Morgan fingerprint density at radius 2 is 1.90 bits per heavy atom. The zero-order valence-electron chi connectivity index (χ0n) is 15.5. The maximum Gasteiger partial charge on any atom is 0.490 e. The lowest BCUT2D eigenvalue weighted by atomic mass is 10.2. The van der Waals surface area contributed by atoms with Crippen molar-refractivity contribution in [3.8, 4) is 11.8 Å². The Kier molecular flexibility index (Phi) is 8.00. The minimum atomic E-state index is -5.68. The van der Waals surface area contributed by atoms with Gasteiger partial charge in [-0.2, -0.15) is 13.6 Å². The third-order valence-electron chi connectivity index (χ3n) is 3.57. The van der Waals surface area contributed by atoms with Gasteiger partial charge in [-0.25, -0.2) is 18.5 Å². The number of aliphatic hydroxyl groups excluding tert-OH is 1. The molecular weight excluding hydrogens is 487 g/mol. The molecule has 1 aliphatic heterocycles. The third-order valence-corrected chi connectivity index (χ3v) is 7.38. The van der Waals surface area contributed by atoms with Gasteiger partial charge in [-0.05, 0) is 6.92 Å². The number of phosphoric ester groups is 1. The second kappa shape index (κ2) is 9.60. The van der Waals surface area contributed by atoms with Crippen LogP contribution in [0.5, 0.6) is 0 Å². The number of aliphatic hydroxyl groups is 1. The number of hydrogen-bond donors (Lipinski definition) is 6. The summed E-state index contributed by atoms with van der Waals surface area (Å²) in [6.45, 7) is 0.656. The summed E-state index contributed by atoms with van der Waals surface area (Å²) in [6.07, 6.45) is -2.62. The highest BCUT2D eigenvalue weighted by Gasteiger charge is 2.43. The summed E-state index contributed by atoms with van der Waals surface area (Å²) in [5.41, 5.74) is 5.01. The maximum absolute atomic E-state index is 12.1. The highest BCUT2D eigenvalue weighted by Crippen LogP contribution is 2.66. The van der Waals surface area contributed by atoms with Crippen LogP contribution < -0.4 is 11.4 Å². The van der Waals surface area contributed by atoms with Crippen LogP contribution in [-0.4, -0.2) is 53.0 Å². The predicted molar refractivity (Wildman–Crippen MR) is 99.8 cm³/mol. The van der Waals surface area contributed by atoms with Crippen molar-refractivity contribution in [2.45, 2.75) is 31.8 Å². The van der Waals surface area contributed by atoms with E-state index in [2.05, 4.69) is 30.0 Å². The average molecular weight is 505 g/mol. The quantitative estimate of drug-likeness (QED) is 0.187. The molecule has 16 nitrogen and oxygen atoms in total. The molecule has 5 atom stereocenters. The van der Waals surface area contributed by atoms with Crippen molar-refractivity contribution >= 4 is 29.3 Å². The Labute approximate surface area is 174 Å². The molecule has 174 valence electrons. The fourth-order valence-corrected chi connectivity index (χ4v) is 5.46. The molecule has 1 aromatic rings. The summed E-state index contributed by atoms with van der Waals surface area (Å²) in [6, 6.07) is 0. The second-order valence-corrected chi connectivity index (χ2v) is 10.3. The number of rotatable bonds is 8. The molecule has 0 aliphatic carbocycles. The maximum atomic E-state index is 12.1. The van der Waals surface area contributed by atoms with Crippen LogP contribution in [0.2, 0.25) is 0 Å². The fraction of sp³-hybridized carbons (Fsp3) is 0.500. The van der Waals surface area contributed by atoms with Gasteiger partial charge in [0.15, 0.2) is 0 Å². The van der Waals surface area contributed by atoms with E-state index in [1.165, 1.54) is 13.1 Å². The van der Waals surface area contributed by atoms with E-state index in [9.17, 15) is 28.5 Å². The molecule has 0 aromatic carbocycles. The van der Waals surface area contributed by atoms with Crippen LogP contribution >= 0.6 is 23.5 Å². The highest BCUT2D eigenvalue weighted by molar-refractivity contribution is 7.66. The summed E-state index contributed by atoms with van der Waals surface area (Å²) in [4.78, 5) is 51.2. The van der Waals surface area contributed by atoms with Crippen molar-refractivity contribution in [2.75, 3.05) is 12.3 Å². The molecule has 0 saturated carbocycles. The molecule has 0 bridgehead atoms. The van der Waals surface area contributed by atoms with Crippen LogP contribution in [0.1, 0.15) is 25.1 Å². The molecule has 7 N–H and O–H groups in total.